The van der Waals surface area contributed by atoms with E-state index in [1.165, 1.54) is 5.57 Å². The Morgan fingerprint density at radius 1 is 1.23 bits per heavy atom. The van der Waals surface area contributed by atoms with E-state index in [1.54, 1.807) is 0 Å². The van der Waals surface area contributed by atoms with Gasteiger partial charge in [-0.05, 0) is 17.6 Å². The fourth-order valence-corrected chi connectivity index (χ4v) is 1.54. The van der Waals surface area contributed by atoms with E-state index in [4.69, 9.17) is 0 Å². The van der Waals surface area contributed by atoms with Gasteiger partial charge in [0.05, 0.1) is 0 Å². The van der Waals surface area contributed by atoms with Crippen molar-refractivity contribution >= 4 is 11.9 Å². The van der Waals surface area contributed by atoms with Gasteiger partial charge in [0.15, 0.2) is 6.29 Å². The number of benzene rings is 1. The van der Waals surface area contributed by atoms with Crippen LogP contribution in [0, 0.1) is 0 Å². The lowest BCUT2D eigenvalue weighted by atomic mass is 10.00. The average Bonchev–Trinajstić information content (AvgIpc) is 2.70. The van der Waals surface area contributed by atoms with Crippen LogP contribution in [0.25, 0.3) is 5.57 Å². The van der Waals surface area contributed by atoms with Crippen LogP contribution in [-0.4, -0.2) is 6.29 Å². The highest BCUT2D eigenvalue weighted by atomic mass is 16.1. The molecule has 1 aromatic rings. The van der Waals surface area contributed by atoms with E-state index in [0.717, 1.165) is 23.8 Å². The monoisotopic (exact) mass is 170 g/mol. The van der Waals surface area contributed by atoms with Crippen molar-refractivity contribution in [1.82, 2.24) is 0 Å². The SMILES string of the molecule is O=Cc1ccccc1C1=CC=CC1. The molecule has 1 aromatic carbocycles. The van der Waals surface area contributed by atoms with E-state index in [9.17, 15) is 4.79 Å². The Bertz CT molecular complexity index is 386. The smallest absolute Gasteiger partial charge is 0.150 e. The van der Waals surface area contributed by atoms with Crippen LogP contribution in [0.1, 0.15) is 22.3 Å². The van der Waals surface area contributed by atoms with E-state index in [-0.39, 0.29) is 0 Å². The number of hydrogen-bond acceptors (Lipinski definition) is 1. The van der Waals surface area contributed by atoms with Crippen molar-refractivity contribution in [3.05, 3.63) is 53.6 Å². The lowest BCUT2D eigenvalue weighted by molar-refractivity contribution is 0.112. The molecule has 0 N–H and O–H groups in total. The van der Waals surface area contributed by atoms with Crippen molar-refractivity contribution in [3.63, 3.8) is 0 Å². The molecule has 0 heterocycles. The molecule has 0 aliphatic heterocycles. The molecule has 0 fully saturated rings. The largest absolute Gasteiger partial charge is 0.298 e. The van der Waals surface area contributed by atoms with E-state index in [2.05, 4.69) is 12.2 Å². The van der Waals surface area contributed by atoms with E-state index in [1.807, 2.05) is 30.3 Å². The molecule has 0 saturated carbocycles. The first-order chi connectivity index (χ1) is 6.42. The summed E-state index contributed by atoms with van der Waals surface area (Å²) in [6.45, 7) is 0. The Morgan fingerprint density at radius 3 is 2.77 bits per heavy atom. The van der Waals surface area contributed by atoms with Crippen molar-refractivity contribution in [3.8, 4) is 0 Å². The van der Waals surface area contributed by atoms with Gasteiger partial charge in [0.1, 0.15) is 0 Å². The molecule has 64 valence electrons. The summed E-state index contributed by atoms with van der Waals surface area (Å²) in [6.07, 6.45) is 8.02. The Kier molecular flexibility index (Phi) is 2.09. The summed E-state index contributed by atoms with van der Waals surface area (Å²) in [7, 11) is 0. The molecule has 0 amide bonds. The molecule has 1 aliphatic carbocycles. The highest BCUT2D eigenvalue weighted by molar-refractivity contribution is 5.86. The molecule has 0 spiro atoms. The Hall–Kier alpha value is -1.63. The third-order valence-electron chi connectivity index (χ3n) is 2.20. The van der Waals surface area contributed by atoms with Gasteiger partial charge in [0, 0.05) is 5.56 Å². The van der Waals surface area contributed by atoms with Gasteiger partial charge >= 0.3 is 0 Å². The fourth-order valence-electron chi connectivity index (χ4n) is 1.54. The molecule has 0 saturated heterocycles. The highest BCUT2D eigenvalue weighted by Crippen LogP contribution is 2.24. The van der Waals surface area contributed by atoms with Gasteiger partial charge in [-0.2, -0.15) is 0 Å². The quantitative estimate of drug-likeness (QED) is 0.624. The number of allylic oxidation sites excluding steroid dienone is 4. The van der Waals surface area contributed by atoms with Gasteiger partial charge in [-0.1, -0.05) is 42.5 Å². The molecule has 2 rings (SSSR count). The fraction of sp³-hybridized carbons (Fsp3) is 0.0833. The zero-order valence-corrected chi connectivity index (χ0v) is 7.23. The van der Waals surface area contributed by atoms with Crippen LogP contribution >= 0.6 is 0 Å². The standard InChI is InChI=1S/C12H10O/c13-9-11-7-3-4-8-12(11)10-5-1-2-6-10/h1-5,7-9H,6H2. The Morgan fingerprint density at radius 2 is 2.08 bits per heavy atom. The predicted octanol–water partition coefficient (Wildman–Crippen LogP) is 2.84. The first kappa shape index (κ1) is 7.99. The minimum absolute atomic E-state index is 0.775. The van der Waals surface area contributed by atoms with Crippen molar-refractivity contribution in [2.24, 2.45) is 0 Å². The summed E-state index contributed by atoms with van der Waals surface area (Å²) < 4.78 is 0. The Labute approximate surface area is 77.4 Å². The summed E-state index contributed by atoms with van der Waals surface area (Å²) in [4.78, 5) is 10.7. The topological polar surface area (TPSA) is 17.1 Å². The molecule has 0 atom stereocenters. The van der Waals surface area contributed by atoms with Gasteiger partial charge in [-0.3, -0.25) is 4.79 Å². The summed E-state index contributed by atoms with van der Waals surface area (Å²) in [6, 6.07) is 7.68. The van der Waals surface area contributed by atoms with Gasteiger partial charge < -0.3 is 0 Å². The molecule has 0 radical (unpaired) electrons. The molecule has 13 heavy (non-hydrogen) atoms. The number of carbonyl (C=O) groups is 1. The van der Waals surface area contributed by atoms with Crippen molar-refractivity contribution in [2.75, 3.05) is 0 Å². The molecule has 1 aliphatic rings. The molecular formula is C12H10O. The van der Waals surface area contributed by atoms with Gasteiger partial charge in [0.25, 0.3) is 0 Å². The normalized spacial score (nSPS) is 14.3. The van der Waals surface area contributed by atoms with Crippen LogP contribution in [0.3, 0.4) is 0 Å². The first-order valence-electron chi connectivity index (χ1n) is 4.32. The van der Waals surface area contributed by atoms with Crippen LogP contribution in [-0.2, 0) is 0 Å². The van der Waals surface area contributed by atoms with Crippen LogP contribution in [0.2, 0.25) is 0 Å². The van der Waals surface area contributed by atoms with Gasteiger partial charge in [-0.15, -0.1) is 0 Å². The summed E-state index contributed by atoms with van der Waals surface area (Å²) in [5.41, 5.74) is 3.06. The molecule has 0 aromatic heterocycles. The van der Waals surface area contributed by atoms with Crippen molar-refractivity contribution < 1.29 is 4.79 Å². The second kappa shape index (κ2) is 3.40. The summed E-state index contributed by atoms with van der Waals surface area (Å²) in [5.74, 6) is 0. The van der Waals surface area contributed by atoms with E-state index < -0.39 is 0 Å². The Balaban J connectivity index is 2.44. The van der Waals surface area contributed by atoms with Crippen LogP contribution < -0.4 is 0 Å². The third kappa shape index (κ3) is 1.45. The van der Waals surface area contributed by atoms with Crippen LogP contribution in [0.15, 0.2) is 42.5 Å². The molecule has 0 bridgehead atoms. The van der Waals surface area contributed by atoms with Crippen molar-refractivity contribution in [2.45, 2.75) is 6.42 Å². The number of aldehydes is 1. The van der Waals surface area contributed by atoms with Gasteiger partial charge in [0.2, 0.25) is 0 Å². The van der Waals surface area contributed by atoms with Crippen molar-refractivity contribution in [1.29, 1.82) is 0 Å². The molecule has 0 unspecified atom stereocenters. The second-order valence-corrected chi connectivity index (χ2v) is 3.03. The maximum atomic E-state index is 10.7. The highest BCUT2D eigenvalue weighted by Gasteiger charge is 2.06. The van der Waals surface area contributed by atoms with Crippen LogP contribution in [0.4, 0.5) is 0 Å². The second-order valence-electron chi connectivity index (χ2n) is 3.03. The van der Waals surface area contributed by atoms with Crippen LogP contribution in [0.5, 0.6) is 0 Å². The molecule has 1 heteroatoms. The molecule has 1 nitrogen and oxygen atoms in total. The third-order valence-corrected chi connectivity index (χ3v) is 2.20. The summed E-state index contributed by atoms with van der Waals surface area (Å²) >= 11 is 0. The lowest BCUT2D eigenvalue weighted by Crippen LogP contribution is -1.89. The summed E-state index contributed by atoms with van der Waals surface area (Å²) in [5, 5.41) is 0. The first-order valence-corrected chi connectivity index (χ1v) is 4.32. The number of carbonyl (C=O) groups excluding carboxylic acids is 1. The number of rotatable bonds is 2. The molecular weight excluding hydrogens is 160 g/mol. The van der Waals surface area contributed by atoms with E-state index >= 15 is 0 Å². The predicted molar refractivity (Wildman–Crippen MR) is 53.6 cm³/mol. The van der Waals surface area contributed by atoms with Gasteiger partial charge in [-0.25, -0.2) is 0 Å². The lowest BCUT2D eigenvalue weighted by Gasteiger charge is -2.04. The van der Waals surface area contributed by atoms with E-state index in [0.29, 0.717) is 0 Å². The maximum Gasteiger partial charge on any atom is 0.150 e. The minimum Gasteiger partial charge on any atom is -0.298 e. The maximum absolute atomic E-state index is 10.7. The average molecular weight is 170 g/mol. The number of hydrogen-bond donors (Lipinski definition) is 0. The minimum atomic E-state index is 0.775. The zero-order chi connectivity index (χ0) is 9.10. The zero-order valence-electron chi connectivity index (χ0n) is 7.23.